The average molecular weight is 289 g/mol. The predicted octanol–water partition coefficient (Wildman–Crippen LogP) is 1.02. The molecule has 0 aliphatic heterocycles. The molecule has 0 bridgehead atoms. The number of aromatic nitrogens is 3. The van der Waals surface area contributed by atoms with E-state index < -0.39 is 0 Å². The van der Waals surface area contributed by atoms with E-state index in [1.165, 1.54) is 13.2 Å². The van der Waals surface area contributed by atoms with Crippen LogP contribution in [0.15, 0.2) is 28.1 Å². The lowest BCUT2D eigenvalue weighted by Gasteiger charge is -2.07. The van der Waals surface area contributed by atoms with E-state index in [9.17, 15) is 9.90 Å². The summed E-state index contributed by atoms with van der Waals surface area (Å²) in [6, 6.07) is 4.88. The minimum absolute atomic E-state index is 0.0425. The maximum atomic E-state index is 11.4. The van der Waals surface area contributed by atoms with E-state index in [1.54, 1.807) is 26.0 Å². The second kappa shape index (κ2) is 6.04. The van der Waals surface area contributed by atoms with Crippen LogP contribution in [0, 0.1) is 6.92 Å². The number of H-pyrrole nitrogens is 1. The standard InChI is InChI=1S/C13H15N5O3/c1-7(10-5-4-9(21-3)6-11(10)19)15-17-13-14-12(20)8(2)16-18-13/h4-6,19H,1-3H3,(H2,14,17,18,20). The monoisotopic (exact) mass is 289 g/mol. The molecule has 2 rings (SSSR count). The summed E-state index contributed by atoms with van der Waals surface area (Å²) in [4.78, 5) is 13.9. The Bertz CT molecular complexity index is 739. The van der Waals surface area contributed by atoms with Crippen molar-refractivity contribution in [1.82, 2.24) is 15.2 Å². The Morgan fingerprint density at radius 3 is 2.81 bits per heavy atom. The molecule has 0 aliphatic carbocycles. The zero-order chi connectivity index (χ0) is 15.4. The van der Waals surface area contributed by atoms with E-state index in [-0.39, 0.29) is 23.0 Å². The summed E-state index contributed by atoms with van der Waals surface area (Å²) in [5.41, 5.74) is 3.56. The van der Waals surface area contributed by atoms with Crippen LogP contribution in [0.4, 0.5) is 5.95 Å². The highest BCUT2D eigenvalue weighted by Gasteiger charge is 2.06. The van der Waals surface area contributed by atoms with Gasteiger partial charge in [0.15, 0.2) is 0 Å². The molecule has 110 valence electrons. The van der Waals surface area contributed by atoms with E-state index in [0.29, 0.717) is 17.0 Å². The number of anilines is 1. The Balaban J connectivity index is 2.21. The Kier molecular flexibility index (Phi) is 4.17. The number of rotatable bonds is 4. The maximum absolute atomic E-state index is 11.4. The predicted molar refractivity (Wildman–Crippen MR) is 77.9 cm³/mol. The van der Waals surface area contributed by atoms with Crippen molar-refractivity contribution in [2.75, 3.05) is 12.5 Å². The van der Waals surface area contributed by atoms with Crippen LogP contribution in [0.2, 0.25) is 0 Å². The second-order valence-electron chi connectivity index (χ2n) is 4.28. The third-order valence-corrected chi connectivity index (χ3v) is 2.78. The van der Waals surface area contributed by atoms with Crippen LogP contribution < -0.4 is 15.7 Å². The molecule has 3 N–H and O–H groups in total. The zero-order valence-electron chi connectivity index (χ0n) is 11.8. The first-order chi connectivity index (χ1) is 10.0. The number of aromatic amines is 1. The highest BCUT2D eigenvalue weighted by atomic mass is 16.5. The van der Waals surface area contributed by atoms with Crippen LogP contribution in [-0.2, 0) is 0 Å². The highest BCUT2D eigenvalue weighted by molar-refractivity contribution is 6.01. The zero-order valence-corrected chi connectivity index (χ0v) is 11.8. The summed E-state index contributed by atoms with van der Waals surface area (Å²) in [5, 5.41) is 21.4. The van der Waals surface area contributed by atoms with Crippen molar-refractivity contribution in [1.29, 1.82) is 0 Å². The number of nitrogens with one attached hydrogen (secondary N) is 2. The van der Waals surface area contributed by atoms with Crippen molar-refractivity contribution in [3.8, 4) is 11.5 Å². The van der Waals surface area contributed by atoms with Gasteiger partial charge in [-0.15, -0.1) is 10.2 Å². The van der Waals surface area contributed by atoms with Crippen LogP contribution in [0.25, 0.3) is 0 Å². The fraction of sp³-hybridized carbons (Fsp3) is 0.231. The number of phenolic OH excluding ortho intramolecular Hbond substituents is 1. The van der Waals surface area contributed by atoms with Crippen molar-refractivity contribution in [2.45, 2.75) is 13.8 Å². The molecule has 0 unspecified atom stereocenters. The molecule has 1 aromatic carbocycles. The van der Waals surface area contributed by atoms with E-state index >= 15 is 0 Å². The van der Waals surface area contributed by atoms with Crippen molar-refractivity contribution >= 4 is 11.7 Å². The van der Waals surface area contributed by atoms with Crippen molar-refractivity contribution in [2.24, 2.45) is 5.10 Å². The van der Waals surface area contributed by atoms with Crippen molar-refractivity contribution in [3.05, 3.63) is 39.8 Å². The molecule has 1 aromatic heterocycles. The molecule has 0 radical (unpaired) electrons. The average Bonchev–Trinajstić information content (AvgIpc) is 2.48. The Morgan fingerprint density at radius 2 is 2.19 bits per heavy atom. The molecule has 1 heterocycles. The molecule has 0 atom stereocenters. The minimum Gasteiger partial charge on any atom is -0.507 e. The van der Waals surface area contributed by atoms with E-state index in [0.717, 1.165) is 0 Å². The summed E-state index contributed by atoms with van der Waals surface area (Å²) in [6.45, 7) is 3.26. The molecule has 0 saturated carbocycles. The topological polar surface area (TPSA) is 112 Å². The Labute approximate surface area is 120 Å². The molecule has 2 aromatic rings. The fourth-order valence-corrected chi connectivity index (χ4v) is 1.59. The number of aryl methyl sites for hydroxylation is 1. The molecule has 0 aliphatic rings. The molecule has 0 spiro atoms. The van der Waals surface area contributed by atoms with Crippen molar-refractivity contribution < 1.29 is 9.84 Å². The van der Waals surface area contributed by atoms with Crippen LogP contribution in [-0.4, -0.2) is 33.1 Å². The first-order valence-corrected chi connectivity index (χ1v) is 6.12. The number of hydrogen-bond acceptors (Lipinski definition) is 7. The smallest absolute Gasteiger partial charge is 0.274 e. The summed E-state index contributed by atoms with van der Waals surface area (Å²) in [5.74, 6) is 0.713. The highest BCUT2D eigenvalue weighted by Crippen LogP contribution is 2.23. The Morgan fingerprint density at radius 1 is 1.43 bits per heavy atom. The lowest BCUT2D eigenvalue weighted by atomic mass is 10.1. The molecule has 0 saturated heterocycles. The largest absolute Gasteiger partial charge is 0.507 e. The van der Waals surface area contributed by atoms with Crippen molar-refractivity contribution in [3.63, 3.8) is 0 Å². The van der Waals surface area contributed by atoms with Gasteiger partial charge in [0.05, 0.1) is 12.8 Å². The third kappa shape index (κ3) is 3.35. The lowest BCUT2D eigenvalue weighted by Crippen LogP contribution is -2.16. The first-order valence-electron chi connectivity index (χ1n) is 6.12. The van der Waals surface area contributed by atoms with E-state index in [2.05, 4.69) is 25.7 Å². The van der Waals surface area contributed by atoms with Gasteiger partial charge in [0, 0.05) is 11.6 Å². The van der Waals surface area contributed by atoms with Crippen LogP contribution in [0.5, 0.6) is 11.5 Å². The molecular formula is C13H15N5O3. The van der Waals surface area contributed by atoms with Gasteiger partial charge in [0.25, 0.3) is 5.56 Å². The molecule has 0 amide bonds. The number of aromatic hydroxyl groups is 1. The van der Waals surface area contributed by atoms with Crippen LogP contribution in [0.3, 0.4) is 0 Å². The second-order valence-corrected chi connectivity index (χ2v) is 4.28. The normalized spacial score (nSPS) is 11.3. The number of methoxy groups -OCH3 is 1. The van der Waals surface area contributed by atoms with Gasteiger partial charge in [-0.2, -0.15) is 5.10 Å². The first kappa shape index (κ1) is 14.5. The quantitative estimate of drug-likeness (QED) is 0.572. The summed E-state index contributed by atoms with van der Waals surface area (Å²) in [7, 11) is 1.52. The maximum Gasteiger partial charge on any atom is 0.274 e. The number of benzene rings is 1. The van der Waals surface area contributed by atoms with Gasteiger partial charge in [-0.05, 0) is 26.0 Å². The summed E-state index contributed by atoms with van der Waals surface area (Å²) < 4.78 is 5.01. The number of phenols is 1. The van der Waals surface area contributed by atoms with Gasteiger partial charge in [-0.3, -0.25) is 9.78 Å². The van der Waals surface area contributed by atoms with Crippen LogP contribution >= 0.6 is 0 Å². The van der Waals surface area contributed by atoms with Gasteiger partial charge >= 0.3 is 0 Å². The van der Waals surface area contributed by atoms with Gasteiger partial charge in [0.1, 0.15) is 17.2 Å². The summed E-state index contributed by atoms with van der Waals surface area (Å²) in [6.07, 6.45) is 0. The third-order valence-electron chi connectivity index (χ3n) is 2.78. The summed E-state index contributed by atoms with van der Waals surface area (Å²) >= 11 is 0. The Hall–Kier alpha value is -2.90. The van der Waals surface area contributed by atoms with Gasteiger partial charge in [-0.1, -0.05) is 0 Å². The minimum atomic E-state index is -0.340. The molecule has 21 heavy (non-hydrogen) atoms. The van der Waals surface area contributed by atoms with Crippen LogP contribution in [0.1, 0.15) is 18.2 Å². The molecule has 0 fully saturated rings. The van der Waals surface area contributed by atoms with Gasteiger partial charge < -0.3 is 9.84 Å². The number of nitrogens with zero attached hydrogens (tertiary/aromatic N) is 3. The fourth-order valence-electron chi connectivity index (χ4n) is 1.59. The number of hydrazone groups is 1. The molecule has 8 heteroatoms. The SMILES string of the molecule is COc1ccc(C(C)=NNc2nnc(C)c(=O)[nH]2)c(O)c1. The van der Waals surface area contributed by atoms with E-state index in [1.807, 2.05) is 0 Å². The number of ether oxygens (including phenoxy) is 1. The molecular weight excluding hydrogens is 274 g/mol. The van der Waals surface area contributed by atoms with E-state index in [4.69, 9.17) is 4.74 Å². The number of hydrogen-bond donors (Lipinski definition) is 3. The van der Waals surface area contributed by atoms with Gasteiger partial charge in [-0.25, -0.2) is 5.43 Å². The lowest BCUT2D eigenvalue weighted by molar-refractivity contribution is 0.407. The van der Waals surface area contributed by atoms with Gasteiger partial charge in [0.2, 0.25) is 5.95 Å². The molecule has 8 nitrogen and oxygen atoms in total.